The molecule has 0 saturated carbocycles. The number of rotatable bonds is 5. The third-order valence-electron chi connectivity index (χ3n) is 3.17. The molecule has 0 unspecified atom stereocenters. The van der Waals surface area contributed by atoms with Gasteiger partial charge in [0.15, 0.2) is 0 Å². The second kappa shape index (κ2) is 7.92. The van der Waals surface area contributed by atoms with E-state index in [0.29, 0.717) is 11.4 Å². The Morgan fingerprint density at radius 2 is 1.75 bits per heavy atom. The maximum Gasteiger partial charge on any atom is 0.234 e. The van der Waals surface area contributed by atoms with Gasteiger partial charge in [0.1, 0.15) is 11.6 Å². The maximum atomic E-state index is 13.5. The van der Waals surface area contributed by atoms with Crippen LogP contribution in [-0.2, 0) is 9.59 Å². The molecule has 4 nitrogen and oxygen atoms in total. The van der Waals surface area contributed by atoms with Crippen LogP contribution in [0, 0.1) is 18.6 Å². The molecule has 0 spiro atoms. The Hall–Kier alpha value is -2.41. The molecule has 2 N–H and O–H groups in total. The molecule has 0 bridgehead atoms. The Kier molecular flexibility index (Phi) is 5.92. The lowest BCUT2D eigenvalue weighted by molar-refractivity contribution is -0.114. The molecule has 2 amide bonds. The van der Waals surface area contributed by atoms with Gasteiger partial charge in [-0.3, -0.25) is 9.59 Å². The van der Waals surface area contributed by atoms with Crippen LogP contribution in [0.1, 0.15) is 12.5 Å². The summed E-state index contributed by atoms with van der Waals surface area (Å²) in [4.78, 5) is 23.4. The quantitative estimate of drug-likeness (QED) is 0.803. The van der Waals surface area contributed by atoms with Crippen LogP contribution in [0.2, 0.25) is 0 Å². The largest absolute Gasteiger partial charge is 0.326 e. The molecule has 2 aromatic carbocycles. The first kappa shape index (κ1) is 17.9. The molecule has 0 heterocycles. The van der Waals surface area contributed by atoms with Crippen LogP contribution >= 0.6 is 11.8 Å². The van der Waals surface area contributed by atoms with Crippen LogP contribution in [0.25, 0.3) is 0 Å². The van der Waals surface area contributed by atoms with Gasteiger partial charge in [0.2, 0.25) is 11.8 Å². The summed E-state index contributed by atoms with van der Waals surface area (Å²) in [6.45, 7) is 3.17. The highest BCUT2D eigenvalue weighted by molar-refractivity contribution is 8.00. The number of carbonyl (C=O) groups excluding carboxylic acids is 2. The van der Waals surface area contributed by atoms with E-state index in [1.54, 1.807) is 25.1 Å². The molecular formula is C17H16F2N2O2S. The zero-order valence-electron chi connectivity index (χ0n) is 13.2. The molecular weight excluding hydrogens is 334 g/mol. The number of nitrogens with one attached hydrogen (secondary N) is 2. The Bertz CT molecular complexity index is 781. The number of thioether (sulfide) groups is 1. The van der Waals surface area contributed by atoms with Crippen LogP contribution in [-0.4, -0.2) is 17.6 Å². The number of anilines is 2. The van der Waals surface area contributed by atoms with E-state index in [1.807, 2.05) is 0 Å². The zero-order valence-corrected chi connectivity index (χ0v) is 14.0. The third-order valence-corrected chi connectivity index (χ3v) is 4.22. The van der Waals surface area contributed by atoms with E-state index < -0.39 is 11.6 Å². The summed E-state index contributed by atoms with van der Waals surface area (Å²) in [6, 6.07) is 8.37. The van der Waals surface area contributed by atoms with Crippen LogP contribution in [0.5, 0.6) is 0 Å². The van der Waals surface area contributed by atoms with Crippen molar-refractivity contribution in [3.05, 3.63) is 53.6 Å². The van der Waals surface area contributed by atoms with E-state index in [0.717, 1.165) is 29.5 Å². The normalized spacial score (nSPS) is 10.3. The van der Waals surface area contributed by atoms with Gasteiger partial charge in [0, 0.05) is 29.3 Å². The summed E-state index contributed by atoms with van der Waals surface area (Å²) in [7, 11) is 0. The first-order valence-corrected chi connectivity index (χ1v) is 8.10. The fourth-order valence-corrected chi connectivity index (χ4v) is 2.74. The van der Waals surface area contributed by atoms with E-state index in [9.17, 15) is 18.4 Å². The van der Waals surface area contributed by atoms with E-state index in [-0.39, 0.29) is 22.5 Å². The van der Waals surface area contributed by atoms with Gasteiger partial charge in [-0.2, -0.15) is 0 Å². The summed E-state index contributed by atoms with van der Waals surface area (Å²) in [5.41, 5.74) is 1.89. The van der Waals surface area contributed by atoms with Crippen molar-refractivity contribution in [2.45, 2.75) is 18.7 Å². The monoisotopic (exact) mass is 350 g/mol. The second-order valence-electron chi connectivity index (χ2n) is 5.07. The van der Waals surface area contributed by atoms with Gasteiger partial charge >= 0.3 is 0 Å². The summed E-state index contributed by atoms with van der Waals surface area (Å²) < 4.78 is 26.4. The molecule has 126 valence electrons. The molecule has 0 saturated heterocycles. The van der Waals surface area contributed by atoms with Crippen molar-refractivity contribution in [3.63, 3.8) is 0 Å². The predicted octanol–water partition coefficient (Wildman–Crippen LogP) is 3.96. The molecule has 0 aromatic heterocycles. The van der Waals surface area contributed by atoms with Crippen molar-refractivity contribution in [2.75, 3.05) is 16.4 Å². The van der Waals surface area contributed by atoms with Crippen molar-refractivity contribution in [1.82, 2.24) is 0 Å². The standard InChI is InChI=1S/C17H16F2N2O2S/c1-10-14(20-11(2)22)4-3-5-15(10)21-17(23)9-24-16-7-6-12(18)8-13(16)19/h3-8H,9H2,1-2H3,(H,20,22)(H,21,23). The van der Waals surface area contributed by atoms with Crippen LogP contribution in [0.4, 0.5) is 20.2 Å². The predicted molar refractivity (Wildman–Crippen MR) is 91.2 cm³/mol. The van der Waals surface area contributed by atoms with Gasteiger partial charge in [0.25, 0.3) is 0 Å². The van der Waals surface area contributed by atoms with Gasteiger partial charge in [-0.25, -0.2) is 8.78 Å². The molecule has 0 aliphatic carbocycles. The molecule has 0 fully saturated rings. The smallest absolute Gasteiger partial charge is 0.234 e. The summed E-state index contributed by atoms with van der Waals surface area (Å²) in [5.74, 6) is -1.91. The molecule has 2 aromatic rings. The molecule has 0 radical (unpaired) electrons. The van der Waals surface area contributed by atoms with Crippen molar-refractivity contribution in [2.24, 2.45) is 0 Å². The molecule has 24 heavy (non-hydrogen) atoms. The molecule has 2 rings (SSSR count). The van der Waals surface area contributed by atoms with Crippen molar-refractivity contribution >= 4 is 35.0 Å². The fourth-order valence-electron chi connectivity index (χ4n) is 2.02. The SMILES string of the molecule is CC(=O)Nc1cccc(NC(=O)CSc2ccc(F)cc2F)c1C. The minimum Gasteiger partial charge on any atom is -0.326 e. The number of hydrogen-bond acceptors (Lipinski definition) is 3. The number of carbonyl (C=O) groups is 2. The topological polar surface area (TPSA) is 58.2 Å². The van der Waals surface area contributed by atoms with Crippen LogP contribution in [0.3, 0.4) is 0 Å². The van der Waals surface area contributed by atoms with Crippen molar-refractivity contribution < 1.29 is 18.4 Å². The fraction of sp³-hybridized carbons (Fsp3) is 0.176. The third kappa shape index (κ3) is 4.79. The van der Waals surface area contributed by atoms with Crippen LogP contribution in [0.15, 0.2) is 41.3 Å². The van der Waals surface area contributed by atoms with Gasteiger partial charge < -0.3 is 10.6 Å². The van der Waals surface area contributed by atoms with Gasteiger partial charge in [-0.1, -0.05) is 6.07 Å². The van der Waals surface area contributed by atoms with E-state index in [4.69, 9.17) is 0 Å². The average molecular weight is 350 g/mol. The number of benzene rings is 2. The highest BCUT2D eigenvalue weighted by Crippen LogP contribution is 2.25. The highest BCUT2D eigenvalue weighted by Gasteiger charge is 2.11. The highest BCUT2D eigenvalue weighted by atomic mass is 32.2. The molecule has 7 heteroatoms. The Labute approximate surface area is 142 Å². The summed E-state index contributed by atoms with van der Waals surface area (Å²) in [5, 5.41) is 5.39. The van der Waals surface area contributed by atoms with E-state index in [2.05, 4.69) is 10.6 Å². The molecule has 0 atom stereocenters. The lowest BCUT2D eigenvalue weighted by Crippen LogP contribution is -2.16. The second-order valence-corrected chi connectivity index (χ2v) is 6.09. The van der Waals surface area contributed by atoms with E-state index in [1.165, 1.54) is 13.0 Å². The minimum atomic E-state index is -0.698. The molecule has 0 aliphatic rings. The zero-order chi connectivity index (χ0) is 17.7. The van der Waals surface area contributed by atoms with E-state index >= 15 is 0 Å². The van der Waals surface area contributed by atoms with Crippen molar-refractivity contribution in [3.8, 4) is 0 Å². The summed E-state index contributed by atoms with van der Waals surface area (Å²) >= 11 is 0.980. The number of hydrogen-bond donors (Lipinski definition) is 2. The average Bonchev–Trinajstić information content (AvgIpc) is 2.50. The lowest BCUT2D eigenvalue weighted by Gasteiger charge is -2.12. The van der Waals surface area contributed by atoms with Gasteiger partial charge in [-0.05, 0) is 36.8 Å². The summed E-state index contributed by atoms with van der Waals surface area (Å²) in [6.07, 6.45) is 0. The number of halogens is 2. The van der Waals surface area contributed by atoms with Crippen molar-refractivity contribution in [1.29, 1.82) is 0 Å². The Balaban J connectivity index is 2.01. The van der Waals surface area contributed by atoms with Crippen LogP contribution < -0.4 is 10.6 Å². The molecule has 0 aliphatic heterocycles. The Morgan fingerprint density at radius 3 is 2.38 bits per heavy atom. The minimum absolute atomic E-state index is 0.0215. The Morgan fingerprint density at radius 1 is 1.08 bits per heavy atom. The first-order valence-electron chi connectivity index (χ1n) is 7.11. The number of amides is 2. The van der Waals surface area contributed by atoms with Gasteiger partial charge in [0.05, 0.1) is 5.75 Å². The maximum absolute atomic E-state index is 13.5. The lowest BCUT2D eigenvalue weighted by atomic mass is 10.1. The van der Waals surface area contributed by atoms with Gasteiger partial charge in [-0.15, -0.1) is 11.8 Å². The first-order chi connectivity index (χ1) is 11.4.